The predicted octanol–water partition coefficient (Wildman–Crippen LogP) is 1.95. The molecule has 0 fully saturated rings. The number of benzene rings is 1. The number of methoxy groups -OCH3 is 1. The molecule has 1 aromatic heterocycles. The van der Waals surface area contributed by atoms with E-state index in [-0.39, 0.29) is 12.4 Å². The van der Waals surface area contributed by atoms with Crippen molar-refractivity contribution in [3.63, 3.8) is 0 Å². The highest BCUT2D eigenvalue weighted by Crippen LogP contribution is 2.35. The van der Waals surface area contributed by atoms with Gasteiger partial charge in [0.1, 0.15) is 0 Å². The first-order valence-corrected chi connectivity index (χ1v) is 6.83. The van der Waals surface area contributed by atoms with E-state index in [1.807, 2.05) is 22.8 Å². The van der Waals surface area contributed by atoms with Crippen LogP contribution in [0.15, 0.2) is 29.1 Å². The van der Waals surface area contributed by atoms with Crippen LogP contribution in [0.3, 0.4) is 0 Å². The van der Waals surface area contributed by atoms with Crippen molar-refractivity contribution in [3.8, 4) is 22.8 Å². The molecule has 1 aliphatic heterocycles. The largest absolute Gasteiger partial charge is 0.454 e. The van der Waals surface area contributed by atoms with E-state index in [4.69, 9.17) is 26.4 Å². The molecule has 1 aliphatic rings. The van der Waals surface area contributed by atoms with E-state index >= 15 is 0 Å². The average molecular weight is 306 g/mol. The Labute approximate surface area is 125 Å². The minimum absolute atomic E-state index is 0.212. The molecule has 110 valence electrons. The second kappa shape index (κ2) is 5.71. The van der Waals surface area contributed by atoms with Crippen molar-refractivity contribution in [2.45, 2.75) is 6.54 Å². The highest BCUT2D eigenvalue weighted by atomic mass is 32.1. The van der Waals surface area contributed by atoms with Crippen molar-refractivity contribution < 1.29 is 14.2 Å². The van der Waals surface area contributed by atoms with Crippen molar-refractivity contribution in [2.75, 3.05) is 20.5 Å². The lowest BCUT2D eigenvalue weighted by molar-refractivity contribution is 0.174. The molecule has 1 aromatic carbocycles. The fourth-order valence-corrected chi connectivity index (χ4v) is 2.51. The number of rotatable bonds is 4. The van der Waals surface area contributed by atoms with E-state index in [1.165, 1.54) is 6.07 Å². The first-order valence-electron chi connectivity index (χ1n) is 6.42. The van der Waals surface area contributed by atoms with Gasteiger partial charge < -0.3 is 18.8 Å². The first kappa shape index (κ1) is 13.8. The van der Waals surface area contributed by atoms with Crippen molar-refractivity contribution in [1.82, 2.24) is 9.55 Å². The third-order valence-electron chi connectivity index (χ3n) is 3.22. The Hall–Kier alpha value is -2.12. The van der Waals surface area contributed by atoms with Gasteiger partial charge in [0.2, 0.25) is 6.79 Å². The summed E-state index contributed by atoms with van der Waals surface area (Å²) in [6.45, 7) is 1.26. The molecule has 2 aromatic rings. The summed E-state index contributed by atoms with van der Waals surface area (Å²) in [5.41, 5.74) is 1.33. The van der Waals surface area contributed by atoms with Crippen LogP contribution in [0.5, 0.6) is 11.5 Å². The van der Waals surface area contributed by atoms with E-state index in [0.717, 1.165) is 11.3 Å². The molecule has 0 aliphatic carbocycles. The Kier molecular flexibility index (Phi) is 3.76. The van der Waals surface area contributed by atoms with Crippen LogP contribution in [0.2, 0.25) is 0 Å². The van der Waals surface area contributed by atoms with Gasteiger partial charge in [0.05, 0.1) is 12.3 Å². The number of H-pyrrole nitrogens is 1. The molecule has 0 spiro atoms. The van der Waals surface area contributed by atoms with Gasteiger partial charge in [-0.2, -0.15) is 0 Å². The van der Waals surface area contributed by atoms with Gasteiger partial charge in [0.15, 0.2) is 16.3 Å². The molecule has 0 saturated carbocycles. The van der Waals surface area contributed by atoms with Crippen LogP contribution in [-0.4, -0.2) is 30.1 Å². The molecule has 0 amide bonds. The Morgan fingerprint density at radius 2 is 2.14 bits per heavy atom. The van der Waals surface area contributed by atoms with Crippen LogP contribution < -0.4 is 15.0 Å². The SMILES string of the molecule is COCCn1c(-c2ccc3c(c2)OCO3)cc(=O)[nH]c1=S. The number of hydrogen-bond donors (Lipinski definition) is 1. The number of aromatic amines is 1. The summed E-state index contributed by atoms with van der Waals surface area (Å²) in [5.74, 6) is 1.36. The number of nitrogens with one attached hydrogen (secondary N) is 1. The summed E-state index contributed by atoms with van der Waals surface area (Å²) in [7, 11) is 1.62. The Morgan fingerprint density at radius 1 is 1.33 bits per heavy atom. The molecule has 3 rings (SSSR count). The average Bonchev–Trinajstić information content (AvgIpc) is 2.93. The van der Waals surface area contributed by atoms with Crippen LogP contribution in [0.1, 0.15) is 0 Å². The summed E-state index contributed by atoms with van der Waals surface area (Å²) >= 11 is 5.24. The van der Waals surface area contributed by atoms with E-state index in [2.05, 4.69) is 4.98 Å². The van der Waals surface area contributed by atoms with Gasteiger partial charge in [-0.1, -0.05) is 0 Å². The second-order valence-electron chi connectivity index (χ2n) is 4.54. The zero-order valence-electron chi connectivity index (χ0n) is 11.4. The number of nitrogens with zero attached hydrogens (tertiary/aromatic N) is 1. The van der Waals surface area contributed by atoms with E-state index in [1.54, 1.807) is 7.11 Å². The van der Waals surface area contributed by atoms with Gasteiger partial charge in [-0.05, 0) is 30.4 Å². The van der Waals surface area contributed by atoms with Crippen LogP contribution >= 0.6 is 12.2 Å². The summed E-state index contributed by atoms with van der Waals surface area (Å²) < 4.78 is 18.0. The maximum absolute atomic E-state index is 11.7. The van der Waals surface area contributed by atoms with Gasteiger partial charge in [0.25, 0.3) is 5.56 Å². The van der Waals surface area contributed by atoms with Gasteiger partial charge in [0, 0.05) is 25.3 Å². The van der Waals surface area contributed by atoms with Crippen LogP contribution in [0.4, 0.5) is 0 Å². The Morgan fingerprint density at radius 3 is 2.95 bits per heavy atom. The molecular weight excluding hydrogens is 292 g/mol. The van der Waals surface area contributed by atoms with Gasteiger partial charge in [-0.15, -0.1) is 0 Å². The highest BCUT2D eigenvalue weighted by Gasteiger charge is 2.15. The molecule has 0 saturated heterocycles. The molecule has 0 unspecified atom stereocenters. The smallest absolute Gasteiger partial charge is 0.252 e. The molecular formula is C14H14N2O4S. The third kappa shape index (κ3) is 2.70. The van der Waals surface area contributed by atoms with Crippen LogP contribution in [-0.2, 0) is 11.3 Å². The number of fused-ring (bicyclic) bond motifs is 1. The molecule has 7 heteroatoms. The summed E-state index contributed by atoms with van der Waals surface area (Å²) in [5, 5.41) is 0. The summed E-state index contributed by atoms with van der Waals surface area (Å²) in [6.07, 6.45) is 0. The third-order valence-corrected chi connectivity index (χ3v) is 3.54. The van der Waals surface area contributed by atoms with Gasteiger partial charge in [-0.3, -0.25) is 9.78 Å². The van der Waals surface area contributed by atoms with Crippen molar-refractivity contribution in [3.05, 3.63) is 39.4 Å². The standard InChI is InChI=1S/C14H14N2O4S/c1-18-5-4-16-10(7-13(17)15-14(16)21)9-2-3-11-12(6-9)20-8-19-11/h2-3,6-7H,4-5,8H2,1H3,(H,15,17,21). The van der Waals surface area contributed by atoms with Crippen molar-refractivity contribution in [1.29, 1.82) is 0 Å². The number of ether oxygens (including phenoxy) is 3. The van der Waals surface area contributed by atoms with Crippen LogP contribution in [0, 0.1) is 4.77 Å². The fraction of sp³-hybridized carbons (Fsp3) is 0.286. The Bertz CT molecular complexity index is 781. The molecule has 0 atom stereocenters. The Balaban J connectivity index is 2.12. The van der Waals surface area contributed by atoms with Crippen molar-refractivity contribution in [2.24, 2.45) is 0 Å². The quantitative estimate of drug-likeness (QED) is 0.875. The molecule has 21 heavy (non-hydrogen) atoms. The van der Waals surface area contributed by atoms with Crippen molar-refractivity contribution >= 4 is 12.2 Å². The topological polar surface area (TPSA) is 65.5 Å². The fourth-order valence-electron chi connectivity index (χ4n) is 2.22. The molecule has 2 heterocycles. The zero-order chi connectivity index (χ0) is 14.8. The van der Waals surface area contributed by atoms with E-state index in [0.29, 0.717) is 29.4 Å². The van der Waals surface area contributed by atoms with E-state index < -0.39 is 0 Å². The minimum atomic E-state index is -0.235. The normalized spacial score (nSPS) is 12.6. The lowest BCUT2D eigenvalue weighted by atomic mass is 10.1. The maximum Gasteiger partial charge on any atom is 0.252 e. The molecule has 0 bridgehead atoms. The first-order chi connectivity index (χ1) is 10.2. The van der Waals surface area contributed by atoms with Gasteiger partial charge >= 0.3 is 0 Å². The lowest BCUT2D eigenvalue weighted by Crippen LogP contribution is -2.16. The summed E-state index contributed by atoms with van der Waals surface area (Å²) in [4.78, 5) is 14.3. The molecule has 1 N–H and O–H groups in total. The second-order valence-corrected chi connectivity index (χ2v) is 4.92. The predicted molar refractivity (Wildman–Crippen MR) is 79.3 cm³/mol. The lowest BCUT2D eigenvalue weighted by Gasteiger charge is -2.13. The monoisotopic (exact) mass is 306 g/mol. The summed E-state index contributed by atoms with van der Waals surface area (Å²) in [6, 6.07) is 7.06. The maximum atomic E-state index is 11.7. The number of hydrogen-bond acceptors (Lipinski definition) is 5. The van der Waals surface area contributed by atoms with Gasteiger partial charge in [-0.25, -0.2) is 0 Å². The van der Waals surface area contributed by atoms with E-state index in [9.17, 15) is 4.79 Å². The highest BCUT2D eigenvalue weighted by molar-refractivity contribution is 7.71. The molecule has 6 nitrogen and oxygen atoms in total. The van der Waals surface area contributed by atoms with Crippen LogP contribution in [0.25, 0.3) is 11.3 Å². The minimum Gasteiger partial charge on any atom is -0.454 e. The number of aromatic nitrogens is 2. The molecule has 0 radical (unpaired) electrons. The zero-order valence-corrected chi connectivity index (χ0v) is 12.2.